The van der Waals surface area contributed by atoms with E-state index in [9.17, 15) is 0 Å². The second-order valence-corrected chi connectivity index (χ2v) is 36.2. The molecule has 0 saturated carbocycles. The van der Waals surface area contributed by atoms with E-state index in [2.05, 4.69) is 398 Å². The third kappa shape index (κ3) is 13.3. The summed E-state index contributed by atoms with van der Waals surface area (Å²) in [4.78, 5) is 10.3. The molecule has 97 heavy (non-hydrogen) atoms. The summed E-state index contributed by atoms with van der Waals surface area (Å²) < 4.78 is 0. The van der Waals surface area contributed by atoms with Gasteiger partial charge in [0, 0.05) is 62.4 Å². The molecule has 0 atom stereocenters. The van der Waals surface area contributed by atoms with E-state index in [0.29, 0.717) is 0 Å². The Balaban J connectivity index is 1.28. The Labute approximate surface area is 584 Å². The van der Waals surface area contributed by atoms with E-state index in [1.807, 2.05) is 0 Å². The van der Waals surface area contributed by atoms with Crippen LogP contribution in [0, 0.1) is 0 Å². The molecule has 0 bridgehead atoms. The molecule has 0 aromatic heterocycles. The van der Waals surface area contributed by atoms with E-state index < -0.39 is 0 Å². The Bertz CT molecular complexity index is 4130. The van der Waals surface area contributed by atoms with Gasteiger partial charge in [-0.25, -0.2) is 0 Å². The zero-order valence-corrected chi connectivity index (χ0v) is 63.1. The predicted octanol–water partition coefficient (Wildman–Crippen LogP) is 24.8. The van der Waals surface area contributed by atoms with Gasteiger partial charge in [-0.05, 0) is 219 Å². The zero-order chi connectivity index (χ0) is 70.1. The molecule has 5 heteroatoms. The lowest BCUT2D eigenvalue weighted by atomic mass is 9.33. The van der Waals surface area contributed by atoms with Crippen molar-refractivity contribution in [1.29, 1.82) is 0 Å². The molecule has 0 N–H and O–H groups in total. The van der Waals surface area contributed by atoms with Gasteiger partial charge in [0.15, 0.2) is 0 Å². The molecule has 498 valence electrons. The lowest BCUT2D eigenvalue weighted by Crippen LogP contribution is -2.61. The highest BCUT2D eigenvalue weighted by atomic mass is 15.2. The summed E-state index contributed by atoms with van der Waals surface area (Å²) in [6.45, 7) is 55.7. The fourth-order valence-corrected chi connectivity index (χ4v) is 14.4. The maximum atomic E-state index is 2.62. The first-order chi connectivity index (χ1) is 45.2. The van der Waals surface area contributed by atoms with Crippen LogP contribution in [0.15, 0.2) is 212 Å². The van der Waals surface area contributed by atoms with Gasteiger partial charge in [-0.2, -0.15) is 0 Å². The number of fused-ring (bicyclic) bond motifs is 4. The van der Waals surface area contributed by atoms with E-state index in [4.69, 9.17) is 0 Å². The lowest BCUT2D eigenvalue weighted by Gasteiger charge is -2.45. The molecule has 0 aliphatic carbocycles. The van der Waals surface area contributed by atoms with Crippen LogP contribution in [0.5, 0.6) is 0 Å². The van der Waals surface area contributed by atoms with Crippen molar-refractivity contribution in [3.05, 3.63) is 257 Å². The second-order valence-electron chi connectivity index (χ2n) is 36.2. The van der Waals surface area contributed by atoms with Crippen LogP contribution in [0.4, 0.5) is 68.2 Å². The SMILES string of the molecule is CC(C)(C)c1ccc(N(c2ccc(C(C)(C)C)cc2)c2cccc(N(c3ccc(C(C)(C)C)cc3)c3ccc(C(C)(C)C)cc3)c2-c2cc3c4c(c2)N(c2ccc(C(C)(C)C)cc2)c2ccc(C(C)(C)C)cc2B4c2cc(C(C)(C)C)ccc2N3c2ccc(C(C)(C)C)cc2)cc1. The highest BCUT2D eigenvalue weighted by molar-refractivity contribution is 7.00. The van der Waals surface area contributed by atoms with Crippen molar-refractivity contribution in [2.75, 3.05) is 19.6 Å². The molecule has 12 rings (SSSR count). The van der Waals surface area contributed by atoms with Crippen LogP contribution in [-0.2, 0) is 43.3 Å². The first-order valence-electron chi connectivity index (χ1n) is 35.6. The van der Waals surface area contributed by atoms with Gasteiger partial charge in [-0.3, -0.25) is 0 Å². The van der Waals surface area contributed by atoms with Crippen LogP contribution < -0.4 is 36.0 Å². The van der Waals surface area contributed by atoms with Gasteiger partial charge in [-0.15, -0.1) is 0 Å². The summed E-state index contributed by atoms with van der Waals surface area (Å²) in [5, 5.41) is 0. The number of rotatable bonds is 9. The summed E-state index contributed by atoms with van der Waals surface area (Å²) in [6, 6.07) is 83.6. The monoisotopic (exact) mass is 1280 g/mol. The Morgan fingerprint density at radius 3 is 0.732 bits per heavy atom. The van der Waals surface area contributed by atoms with Gasteiger partial charge in [0.1, 0.15) is 0 Å². The molecule has 0 amide bonds. The molecule has 2 aliphatic heterocycles. The van der Waals surface area contributed by atoms with Crippen LogP contribution >= 0.6 is 0 Å². The van der Waals surface area contributed by atoms with Gasteiger partial charge in [-0.1, -0.05) is 269 Å². The van der Waals surface area contributed by atoms with E-state index >= 15 is 0 Å². The lowest BCUT2D eigenvalue weighted by molar-refractivity contribution is 0.590. The zero-order valence-electron chi connectivity index (χ0n) is 63.1. The molecule has 0 saturated heterocycles. The maximum absolute atomic E-state index is 2.62. The largest absolute Gasteiger partial charge is 0.311 e. The molecule has 4 nitrogen and oxygen atoms in total. The van der Waals surface area contributed by atoms with Crippen molar-refractivity contribution < 1.29 is 0 Å². The van der Waals surface area contributed by atoms with Crippen LogP contribution in [0.2, 0.25) is 0 Å². The minimum atomic E-state index is -0.114. The molecular weight excluding hydrogens is 1170 g/mol. The summed E-state index contributed by atoms with van der Waals surface area (Å²) in [7, 11) is 0. The van der Waals surface area contributed by atoms with Gasteiger partial charge in [0.25, 0.3) is 6.71 Å². The molecule has 10 aromatic rings. The van der Waals surface area contributed by atoms with Gasteiger partial charge in [0.05, 0.1) is 11.4 Å². The molecule has 2 heterocycles. The van der Waals surface area contributed by atoms with Crippen molar-refractivity contribution in [3.63, 3.8) is 0 Å². The number of hydrogen-bond donors (Lipinski definition) is 0. The number of benzene rings is 10. The molecular formula is C92H107BN4. The highest BCUT2D eigenvalue weighted by Crippen LogP contribution is 2.54. The Morgan fingerprint density at radius 2 is 0.485 bits per heavy atom. The van der Waals surface area contributed by atoms with Crippen LogP contribution in [-0.4, -0.2) is 6.71 Å². The van der Waals surface area contributed by atoms with Gasteiger partial charge in [0.2, 0.25) is 0 Å². The average Bonchev–Trinajstić information content (AvgIpc) is 0.692. The third-order valence-corrected chi connectivity index (χ3v) is 20.5. The van der Waals surface area contributed by atoms with Gasteiger partial charge < -0.3 is 19.6 Å². The summed E-state index contributed by atoms with van der Waals surface area (Å²) in [5.41, 5.74) is 29.4. The van der Waals surface area contributed by atoms with E-state index in [0.717, 1.165) is 68.0 Å². The Kier molecular flexibility index (Phi) is 17.0. The fourth-order valence-electron chi connectivity index (χ4n) is 14.4. The van der Waals surface area contributed by atoms with Gasteiger partial charge >= 0.3 is 0 Å². The van der Waals surface area contributed by atoms with E-state index in [-0.39, 0.29) is 50.0 Å². The molecule has 0 spiro atoms. The first-order valence-corrected chi connectivity index (χ1v) is 35.6. The quantitative estimate of drug-likeness (QED) is 0.134. The highest BCUT2D eigenvalue weighted by Gasteiger charge is 2.45. The fraction of sp³-hybridized carbons (Fsp3) is 0.348. The van der Waals surface area contributed by atoms with Crippen molar-refractivity contribution in [1.82, 2.24) is 0 Å². The molecule has 0 radical (unpaired) electrons. The summed E-state index contributed by atoms with van der Waals surface area (Å²) in [6.07, 6.45) is 0. The number of nitrogens with zero attached hydrogens (tertiary/aromatic N) is 4. The number of anilines is 12. The smallest absolute Gasteiger partial charge is 0.252 e. The van der Waals surface area contributed by atoms with Crippen molar-refractivity contribution in [2.24, 2.45) is 0 Å². The minimum absolute atomic E-state index is 0.0419. The van der Waals surface area contributed by atoms with Crippen molar-refractivity contribution in [2.45, 2.75) is 209 Å². The van der Waals surface area contributed by atoms with Crippen LogP contribution in [0.25, 0.3) is 11.1 Å². The maximum Gasteiger partial charge on any atom is 0.252 e. The van der Waals surface area contributed by atoms with Crippen LogP contribution in [0.1, 0.15) is 211 Å². The minimum Gasteiger partial charge on any atom is -0.311 e. The first kappa shape index (κ1) is 68.4. The summed E-state index contributed by atoms with van der Waals surface area (Å²) >= 11 is 0. The van der Waals surface area contributed by atoms with E-state index in [1.54, 1.807) is 0 Å². The topological polar surface area (TPSA) is 13.0 Å². The normalized spacial score (nSPS) is 13.7. The van der Waals surface area contributed by atoms with E-state index in [1.165, 1.54) is 72.3 Å². The average molecular weight is 1280 g/mol. The molecule has 0 unspecified atom stereocenters. The third-order valence-electron chi connectivity index (χ3n) is 20.5. The van der Waals surface area contributed by atoms with Crippen LogP contribution in [0.3, 0.4) is 0 Å². The molecule has 10 aromatic carbocycles. The van der Waals surface area contributed by atoms with Crippen molar-refractivity contribution >= 4 is 91.3 Å². The molecule has 0 fully saturated rings. The predicted molar refractivity (Wildman–Crippen MR) is 425 cm³/mol. The molecule has 2 aliphatic rings. The Morgan fingerprint density at radius 1 is 0.247 bits per heavy atom. The summed E-state index contributed by atoms with van der Waals surface area (Å²) in [5.74, 6) is 0. The standard InChI is InChI=1S/C92H107BN4/c1-85(2,3)61-28-42-69(43-29-61)94(70-44-30-62(31-45-70)86(4,5)6)79-26-25-27-80(95(71-46-32-63(33-47-71)87(7,8)9)72-48-34-64(35-49-72)88(10,11)12)83(79)60-56-81-84-82(57-60)97(74-52-38-66(39-53-74)90(16,17)18)78-55-41-68(92(22,23)24)59-76(78)93(84)75-58-67(91(19,20)21)40-54-77(75)96(81)73-50-36-65(37-51-73)89(13,14)15/h25-59H,1-24H3. The van der Waals surface area contributed by atoms with Crippen molar-refractivity contribution in [3.8, 4) is 11.1 Å². The number of hydrogen-bond acceptors (Lipinski definition) is 4. The second kappa shape index (κ2) is 24.2. The Hall–Kier alpha value is -8.54.